The van der Waals surface area contributed by atoms with E-state index in [1.165, 1.54) is 29.2 Å². The quantitative estimate of drug-likeness (QED) is 0.328. The monoisotopic (exact) mass is 528 g/mol. The molecule has 0 spiro atoms. The lowest BCUT2D eigenvalue weighted by molar-refractivity contribution is -0.140. The van der Waals surface area contributed by atoms with Crippen molar-refractivity contribution in [1.82, 2.24) is 4.90 Å². The van der Waals surface area contributed by atoms with Crippen molar-refractivity contribution in [1.29, 1.82) is 0 Å². The van der Waals surface area contributed by atoms with Crippen LogP contribution in [0.25, 0.3) is 0 Å². The van der Waals surface area contributed by atoms with E-state index in [2.05, 4.69) is 37.2 Å². The Balaban J connectivity index is 1.20. The molecule has 1 heterocycles. The predicted octanol–water partition coefficient (Wildman–Crippen LogP) is 4.10. The fraction of sp³-hybridized carbons (Fsp3) is 0.571. The van der Waals surface area contributed by atoms with Crippen LogP contribution in [0.15, 0.2) is 24.3 Å². The van der Waals surface area contributed by atoms with Gasteiger partial charge in [0.15, 0.2) is 0 Å². The van der Waals surface area contributed by atoms with Gasteiger partial charge in [0.1, 0.15) is 5.82 Å². The number of nitrogens with one attached hydrogen (secondary N) is 1. The lowest BCUT2D eigenvalue weighted by Crippen LogP contribution is -2.37. The van der Waals surface area contributed by atoms with Crippen LogP contribution in [-0.4, -0.2) is 38.8 Å². The summed E-state index contributed by atoms with van der Waals surface area (Å²) in [7, 11) is 0. The van der Waals surface area contributed by atoms with Gasteiger partial charge < -0.3 is 5.32 Å². The summed E-state index contributed by atoms with van der Waals surface area (Å²) in [4.78, 5) is 39.6. The van der Waals surface area contributed by atoms with Crippen LogP contribution in [-0.2, 0) is 14.4 Å². The Morgan fingerprint density at radius 3 is 2.17 bits per heavy atom. The molecule has 3 amide bonds. The first-order valence-electron chi connectivity index (χ1n) is 10.1. The zero-order valence-corrected chi connectivity index (χ0v) is 19.0. The second-order valence-corrected chi connectivity index (χ2v) is 10.3. The van der Waals surface area contributed by atoms with Crippen LogP contribution in [0.1, 0.15) is 32.1 Å². The van der Waals surface area contributed by atoms with Crippen molar-refractivity contribution >= 4 is 55.3 Å². The van der Waals surface area contributed by atoms with Crippen molar-refractivity contribution in [2.24, 2.45) is 23.7 Å². The van der Waals surface area contributed by atoms with E-state index >= 15 is 0 Å². The van der Waals surface area contributed by atoms with Gasteiger partial charge in [-0.05, 0) is 55.4 Å². The summed E-state index contributed by atoms with van der Waals surface area (Å²) in [5, 5.41) is 2.73. The summed E-state index contributed by atoms with van der Waals surface area (Å²) in [6.45, 7) is 0.434. The molecule has 29 heavy (non-hydrogen) atoms. The predicted molar refractivity (Wildman–Crippen MR) is 114 cm³/mol. The Morgan fingerprint density at radius 1 is 1.00 bits per heavy atom. The molecular weight excluding hydrogens is 507 g/mol. The summed E-state index contributed by atoms with van der Waals surface area (Å²) < 4.78 is 12.9. The number of fused-ring (bicyclic) bond motifs is 5. The van der Waals surface area contributed by atoms with Crippen LogP contribution in [0.3, 0.4) is 0 Å². The zero-order valence-electron chi connectivity index (χ0n) is 15.8. The fourth-order valence-electron chi connectivity index (χ4n) is 5.12. The number of nitrogens with zero attached hydrogens (tertiary/aromatic N) is 1. The summed E-state index contributed by atoms with van der Waals surface area (Å²) >= 11 is 7.39. The van der Waals surface area contributed by atoms with Crippen molar-refractivity contribution in [3.63, 3.8) is 0 Å². The summed E-state index contributed by atoms with van der Waals surface area (Å²) in [5.74, 6) is -0.320. The van der Waals surface area contributed by atoms with E-state index < -0.39 is 0 Å². The van der Waals surface area contributed by atoms with E-state index in [0.29, 0.717) is 31.5 Å². The minimum absolute atomic E-state index is 0.00889. The number of amides is 3. The van der Waals surface area contributed by atoms with E-state index in [9.17, 15) is 18.8 Å². The van der Waals surface area contributed by atoms with E-state index in [-0.39, 0.29) is 56.9 Å². The van der Waals surface area contributed by atoms with Crippen LogP contribution in [0, 0.1) is 29.5 Å². The van der Waals surface area contributed by atoms with Gasteiger partial charge >= 0.3 is 0 Å². The second kappa shape index (κ2) is 8.46. The second-order valence-electron chi connectivity index (χ2n) is 8.20. The molecule has 0 aromatic heterocycles. The molecule has 156 valence electrons. The van der Waals surface area contributed by atoms with Gasteiger partial charge in [-0.2, -0.15) is 0 Å². The number of benzene rings is 1. The molecule has 6 atom stereocenters. The number of anilines is 1. The molecule has 0 unspecified atom stereocenters. The third kappa shape index (κ3) is 3.90. The molecule has 1 aromatic rings. The van der Waals surface area contributed by atoms with Gasteiger partial charge in [0.05, 0.1) is 11.8 Å². The smallest absolute Gasteiger partial charge is 0.233 e. The van der Waals surface area contributed by atoms with Crippen LogP contribution in [0.4, 0.5) is 10.1 Å². The van der Waals surface area contributed by atoms with Crippen molar-refractivity contribution in [2.45, 2.75) is 41.8 Å². The molecule has 3 fully saturated rings. The largest absolute Gasteiger partial charge is 0.326 e. The average molecular weight is 530 g/mol. The maximum Gasteiger partial charge on any atom is 0.233 e. The van der Waals surface area contributed by atoms with Gasteiger partial charge in [-0.25, -0.2) is 4.39 Å². The lowest BCUT2D eigenvalue weighted by atomic mass is 9.81. The number of likely N-dealkylation sites (tertiary alicyclic amines) is 1. The Bertz CT molecular complexity index is 787. The van der Waals surface area contributed by atoms with Gasteiger partial charge in [-0.3, -0.25) is 19.3 Å². The average Bonchev–Trinajstić information content (AvgIpc) is 3.29. The van der Waals surface area contributed by atoms with Crippen LogP contribution >= 0.6 is 31.9 Å². The molecule has 1 N–H and O–H groups in total. The molecule has 4 rings (SSSR count). The summed E-state index contributed by atoms with van der Waals surface area (Å²) in [6.07, 6.45) is 3.43. The first kappa shape index (κ1) is 21.0. The highest BCUT2D eigenvalue weighted by atomic mass is 79.9. The van der Waals surface area contributed by atoms with E-state index in [1.807, 2.05) is 0 Å². The number of hydrogen-bond acceptors (Lipinski definition) is 3. The summed E-state index contributed by atoms with van der Waals surface area (Å²) in [6, 6.07) is 5.65. The molecule has 0 radical (unpaired) electrons. The van der Waals surface area contributed by atoms with Crippen LogP contribution in [0.2, 0.25) is 0 Å². The molecule has 5 nitrogen and oxygen atoms in total. The molecule has 1 aromatic carbocycles. The Kier molecular flexibility index (Phi) is 6.11. The van der Waals surface area contributed by atoms with Gasteiger partial charge in [-0.1, -0.05) is 38.3 Å². The van der Waals surface area contributed by atoms with Crippen molar-refractivity contribution in [2.75, 3.05) is 11.9 Å². The minimum Gasteiger partial charge on any atom is -0.326 e. The lowest BCUT2D eigenvalue weighted by Gasteiger charge is -2.28. The number of unbranched alkanes of at least 4 members (excludes halogenated alkanes) is 2. The van der Waals surface area contributed by atoms with Gasteiger partial charge in [0.2, 0.25) is 17.7 Å². The zero-order chi connectivity index (χ0) is 20.7. The highest BCUT2D eigenvalue weighted by Crippen LogP contribution is 2.60. The fourth-order valence-corrected chi connectivity index (χ4v) is 6.99. The van der Waals surface area contributed by atoms with Crippen molar-refractivity contribution in [3.8, 4) is 0 Å². The van der Waals surface area contributed by atoms with E-state index in [1.54, 1.807) is 0 Å². The van der Waals surface area contributed by atoms with Gasteiger partial charge in [0.25, 0.3) is 0 Å². The normalized spacial score (nSPS) is 32.7. The van der Waals surface area contributed by atoms with Gasteiger partial charge in [0, 0.05) is 28.3 Å². The number of halogens is 3. The van der Waals surface area contributed by atoms with Crippen molar-refractivity contribution < 1.29 is 18.8 Å². The summed E-state index contributed by atoms with van der Waals surface area (Å²) in [5.41, 5.74) is 0.570. The Hall–Kier alpha value is -1.28. The molecule has 1 aliphatic heterocycles. The van der Waals surface area contributed by atoms with E-state index in [0.717, 1.165) is 12.8 Å². The number of alkyl halides is 2. The Morgan fingerprint density at radius 2 is 1.59 bits per heavy atom. The number of imide groups is 1. The third-order valence-corrected chi connectivity index (χ3v) is 9.70. The molecule has 1 saturated heterocycles. The first-order valence-corrected chi connectivity index (χ1v) is 11.9. The maximum atomic E-state index is 12.9. The molecule has 3 aliphatic rings. The standard InChI is InChI=1S/C21H23Br2FN2O3/c22-18-13-10-14(19(18)23)17-16(13)20(28)26(21(17)29)9-3-1-2-4-15(27)25-12-7-5-11(24)6-8-12/h5-8,13-14,16-19H,1-4,9-10H2,(H,25,27)/t13-,14-,16-,17+,18-,19+/m0/s1. The maximum absolute atomic E-state index is 12.9. The topological polar surface area (TPSA) is 66.5 Å². The minimum atomic E-state index is -0.343. The van der Waals surface area contributed by atoms with Crippen LogP contribution in [0.5, 0.6) is 0 Å². The van der Waals surface area contributed by atoms with E-state index in [4.69, 9.17) is 0 Å². The molecule has 2 bridgehead atoms. The first-order chi connectivity index (χ1) is 13.9. The number of carbonyl (C=O) groups is 3. The molecular formula is C21H23Br2FN2O3. The Labute approximate surface area is 186 Å². The molecule has 8 heteroatoms. The number of rotatable bonds is 7. The highest BCUT2D eigenvalue weighted by molar-refractivity contribution is 9.12. The van der Waals surface area contributed by atoms with Crippen molar-refractivity contribution in [3.05, 3.63) is 30.1 Å². The van der Waals surface area contributed by atoms with Crippen LogP contribution < -0.4 is 5.32 Å². The number of hydrogen-bond donors (Lipinski definition) is 1. The highest BCUT2D eigenvalue weighted by Gasteiger charge is 2.66. The molecule has 2 aliphatic carbocycles. The van der Waals surface area contributed by atoms with Gasteiger partial charge in [-0.15, -0.1) is 0 Å². The number of carbonyl (C=O) groups excluding carboxylic acids is 3. The SMILES string of the molecule is O=C(CCCCCN1C(=O)[C@@H]2[C@@H]3C[C@H]([C@H](Br)[C@@H]3Br)[C@@H]2C1=O)Nc1ccc(F)cc1. The molecule has 2 saturated carbocycles. The third-order valence-electron chi connectivity index (χ3n) is 6.49.